The molecular weight excluding hydrogens is 426 g/mol. The van der Waals surface area contributed by atoms with Crippen molar-refractivity contribution in [1.82, 2.24) is 15.1 Å². The minimum Gasteiger partial charge on any atom is -0.350 e. The first-order chi connectivity index (χ1) is 13.7. The van der Waals surface area contributed by atoms with E-state index in [0.717, 1.165) is 10.2 Å². The highest BCUT2D eigenvalue weighted by atomic mass is 35.5. The number of halogens is 5. The van der Waals surface area contributed by atoms with Crippen molar-refractivity contribution in [2.45, 2.75) is 19.0 Å². The van der Waals surface area contributed by atoms with Gasteiger partial charge < -0.3 is 5.32 Å². The molecule has 0 saturated carbocycles. The maximum Gasteiger partial charge on any atom is 0.435 e. The van der Waals surface area contributed by atoms with Crippen molar-refractivity contribution in [3.63, 3.8) is 0 Å². The smallest absolute Gasteiger partial charge is 0.350 e. The fraction of sp³-hybridized carbons (Fsp3) is 0.200. The third-order valence-corrected chi connectivity index (χ3v) is 4.89. The van der Waals surface area contributed by atoms with Gasteiger partial charge in [0, 0.05) is 17.6 Å². The van der Waals surface area contributed by atoms with Gasteiger partial charge in [0.2, 0.25) is 0 Å². The van der Waals surface area contributed by atoms with E-state index in [2.05, 4.69) is 10.4 Å². The highest BCUT2D eigenvalue weighted by Crippen LogP contribution is 2.31. The average Bonchev–Trinajstić information content (AvgIpc) is 3.12. The van der Waals surface area contributed by atoms with Gasteiger partial charge in [-0.25, -0.2) is 4.68 Å². The van der Waals surface area contributed by atoms with E-state index in [-0.39, 0.29) is 28.9 Å². The molecule has 2 aromatic carbocycles. The summed E-state index contributed by atoms with van der Waals surface area (Å²) in [6.07, 6.45) is -4.70. The molecule has 1 N–H and O–H groups in total. The second-order valence-corrected chi connectivity index (χ2v) is 7.28. The molecule has 4 nitrogen and oxygen atoms in total. The normalized spacial score (nSPS) is 12.6. The molecular formula is C20H16Cl2F3N3O. The Bertz CT molecular complexity index is 1020. The lowest BCUT2D eigenvalue weighted by Gasteiger charge is -2.14. The number of carbonyl (C=O) groups is 1. The molecule has 1 amide bonds. The third-order valence-electron chi connectivity index (χ3n) is 4.32. The van der Waals surface area contributed by atoms with Gasteiger partial charge in [0.05, 0.1) is 10.7 Å². The number of carbonyl (C=O) groups excluding carboxylic acids is 1. The van der Waals surface area contributed by atoms with Gasteiger partial charge in [0.25, 0.3) is 5.91 Å². The minimum atomic E-state index is -4.70. The van der Waals surface area contributed by atoms with Gasteiger partial charge in [-0.1, -0.05) is 54.4 Å². The molecule has 0 bridgehead atoms. The molecule has 9 heteroatoms. The van der Waals surface area contributed by atoms with E-state index in [4.69, 9.17) is 23.2 Å². The second-order valence-electron chi connectivity index (χ2n) is 6.44. The van der Waals surface area contributed by atoms with E-state index in [1.807, 2.05) is 19.1 Å². The summed E-state index contributed by atoms with van der Waals surface area (Å²) in [4.78, 5) is 12.7. The number of rotatable bonds is 5. The van der Waals surface area contributed by atoms with Gasteiger partial charge in [-0.15, -0.1) is 0 Å². The number of benzene rings is 2. The first-order valence-corrected chi connectivity index (χ1v) is 9.38. The Hall–Kier alpha value is -2.51. The minimum absolute atomic E-state index is 0.0741. The molecule has 0 spiro atoms. The third kappa shape index (κ3) is 4.92. The highest BCUT2D eigenvalue weighted by Gasteiger charge is 2.36. The van der Waals surface area contributed by atoms with Gasteiger partial charge in [-0.3, -0.25) is 4.79 Å². The monoisotopic (exact) mass is 441 g/mol. The van der Waals surface area contributed by atoms with Crippen molar-refractivity contribution in [2.24, 2.45) is 0 Å². The SMILES string of the molecule is CC(CNC(=O)c1cc(C(F)(F)F)nn1-c1ccccc1Cl)c1ccc(Cl)cc1. The molecule has 0 radical (unpaired) electrons. The van der Waals surface area contributed by atoms with Crippen molar-refractivity contribution in [1.29, 1.82) is 0 Å². The first kappa shape index (κ1) is 21.2. The van der Waals surface area contributed by atoms with Gasteiger partial charge in [-0.05, 0) is 35.7 Å². The first-order valence-electron chi connectivity index (χ1n) is 8.62. The summed E-state index contributed by atoms with van der Waals surface area (Å²) in [5.41, 5.74) is -0.312. The second kappa shape index (κ2) is 8.47. The van der Waals surface area contributed by atoms with Crippen LogP contribution in [0.5, 0.6) is 0 Å². The predicted molar refractivity (Wildman–Crippen MR) is 106 cm³/mol. The number of nitrogens with one attached hydrogen (secondary N) is 1. The summed E-state index contributed by atoms with van der Waals surface area (Å²) in [5.74, 6) is -0.760. The van der Waals surface area contributed by atoms with Crippen LogP contribution in [0, 0.1) is 0 Å². The maximum atomic E-state index is 13.2. The Balaban J connectivity index is 1.86. The van der Waals surface area contributed by atoms with Crippen LogP contribution in [-0.4, -0.2) is 22.2 Å². The van der Waals surface area contributed by atoms with E-state index in [1.54, 1.807) is 24.3 Å². The number of aromatic nitrogens is 2. The number of nitrogens with zero attached hydrogens (tertiary/aromatic N) is 2. The lowest BCUT2D eigenvalue weighted by Crippen LogP contribution is -2.29. The van der Waals surface area contributed by atoms with Crippen LogP contribution in [0.25, 0.3) is 5.69 Å². The van der Waals surface area contributed by atoms with Crippen LogP contribution >= 0.6 is 23.2 Å². The number of alkyl halides is 3. The lowest BCUT2D eigenvalue weighted by molar-refractivity contribution is -0.141. The van der Waals surface area contributed by atoms with Gasteiger partial charge in [0.15, 0.2) is 5.69 Å². The van der Waals surface area contributed by atoms with Crippen molar-refractivity contribution >= 4 is 29.1 Å². The molecule has 3 rings (SSSR count). The predicted octanol–water partition coefficient (Wildman–Crippen LogP) is 5.73. The standard InChI is InChI=1S/C20H16Cl2F3N3O/c1-12(13-6-8-14(21)9-7-13)11-26-19(29)17-10-18(20(23,24)25)27-28(17)16-5-3-2-4-15(16)22/h2-10,12H,11H2,1H3,(H,26,29). The van der Waals surface area contributed by atoms with E-state index in [1.165, 1.54) is 12.1 Å². The zero-order chi connectivity index (χ0) is 21.2. The topological polar surface area (TPSA) is 46.9 Å². The molecule has 0 aliphatic carbocycles. The summed E-state index contributed by atoms with van der Waals surface area (Å²) in [6.45, 7) is 2.10. The zero-order valence-electron chi connectivity index (χ0n) is 15.2. The van der Waals surface area contributed by atoms with Crippen LogP contribution in [0.1, 0.15) is 34.6 Å². The van der Waals surface area contributed by atoms with Crippen LogP contribution in [0.15, 0.2) is 54.6 Å². The Kier molecular flexibility index (Phi) is 6.19. The summed E-state index contributed by atoms with van der Waals surface area (Å²) in [6, 6.07) is 14.1. The molecule has 0 aliphatic rings. The molecule has 1 heterocycles. The molecule has 29 heavy (non-hydrogen) atoms. The van der Waals surface area contributed by atoms with E-state index >= 15 is 0 Å². The van der Waals surface area contributed by atoms with Crippen LogP contribution in [0.4, 0.5) is 13.2 Å². The molecule has 1 unspecified atom stereocenters. The summed E-state index contributed by atoms with van der Waals surface area (Å²) in [5, 5.41) is 6.99. The fourth-order valence-electron chi connectivity index (χ4n) is 2.73. The Morgan fingerprint density at radius 3 is 2.41 bits per heavy atom. The summed E-state index contributed by atoms with van der Waals surface area (Å²) in [7, 11) is 0. The van der Waals surface area contributed by atoms with Crippen LogP contribution in [0.2, 0.25) is 10.0 Å². The molecule has 0 saturated heterocycles. The largest absolute Gasteiger partial charge is 0.435 e. The lowest BCUT2D eigenvalue weighted by atomic mass is 10.0. The molecule has 0 fully saturated rings. The van der Waals surface area contributed by atoms with Crippen molar-refractivity contribution in [3.8, 4) is 5.69 Å². The average molecular weight is 442 g/mol. The van der Waals surface area contributed by atoms with Gasteiger partial charge >= 0.3 is 6.18 Å². The fourth-order valence-corrected chi connectivity index (χ4v) is 3.08. The highest BCUT2D eigenvalue weighted by molar-refractivity contribution is 6.32. The van der Waals surface area contributed by atoms with Gasteiger partial charge in [0.1, 0.15) is 5.69 Å². The molecule has 152 valence electrons. The van der Waals surface area contributed by atoms with Crippen molar-refractivity contribution in [3.05, 3.63) is 81.6 Å². The molecule has 1 aromatic heterocycles. The van der Waals surface area contributed by atoms with Crippen LogP contribution in [0.3, 0.4) is 0 Å². The Morgan fingerprint density at radius 1 is 1.14 bits per heavy atom. The number of amides is 1. The van der Waals surface area contributed by atoms with Gasteiger partial charge in [-0.2, -0.15) is 18.3 Å². The number of para-hydroxylation sites is 1. The number of hydrogen-bond donors (Lipinski definition) is 1. The van der Waals surface area contributed by atoms with E-state index < -0.39 is 17.8 Å². The van der Waals surface area contributed by atoms with Crippen molar-refractivity contribution in [2.75, 3.05) is 6.54 Å². The number of hydrogen-bond acceptors (Lipinski definition) is 2. The zero-order valence-corrected chi connectivity index (χ0v) is 16.7. The Morgan fingerprint density at radius 2 is 1.79 bits per heavy atom. The quantitative estimate of drug-likeness (QED) is 0.549. The Labute approximate surface area is 175 Å². The van der Waals surface area contributed by atoms with Crippen molar-refractivity contribution < 1.29 is 18.0 Å². The molecule has 0 aliphatic heterocycles. The van der Waals surface area contributed by atoms with E-state index in [0.29, 0.717) is 11.1 Å². The summed E-state index contributed by atoms with van der Waals surface area (Å²) >= 11 is 12.0. The molecule has 3 aromatic rings. The van der Waals surface area contributed by atoms with E-state index in [9.17, 15) is 18.0 Å². The summed E-state index contributed by atoms with van der Waals surface area (Å²) < 4.78 is 40.4. The molecule has 1 atom stereocenters. The van der Waals surface area contributed by atoms with Crippen LogP contribution < -0.4 is 5.32 Å². The van der Waals surface area contributed by atoms with Crippen LogP contribution in [-0.2, 0) is 6.18 Å². The maximum absolute atomic E-state index is 13.2.